The maximum atomic E-state index is 12.2. The number of carbonyl (C=O) groups excluding carboxylic acids is 1. The molecule has 2 aromatic rings. The standard InChI is InChI=1S/C17H20N2O2/c1-2-18-16-6-4-3-5-15(16)17(21)19-12-11-13-7-9-14(20)10-8-13/h3-10,18,20H,2,11-12H2,1H3,(H,19,21). The molecular weight excluding hydrogens is 264 g/mol. The molecule has 0 spiro atoms. The van der Waals surface area contributed by atoms with E-state index in [1.54, 1.807) is 12.1 Å². The van der Waals surface area contributed by atoms with E-state index in [1.165, 1.54) is 0 Å². The molecule has 0 saturated heterocycles. The highest BCUT2D eigenvalue weighted by Gasteiger charge is 2.09. The molecule has 21 heavy (non-hydrogen) atoms. The summed E-state index contributed by atoms with van der Waals surface area (Å²) in [4.78, 5) is 12.2. The number of hydrogen-bond donors (Lipinski definition) is 3. The highest BCUT2D eigenvalue weighted by molar-refractivity contribution is 5.99. The summed E-state index contributed by atoms with van der Waals surface area (Å²) in [6, 6.07) is 14.5. The van der Waals surface area contributed by atoms with Gasteiger partial charge < -0.3 is 15.7 Å². The van der Waals surface area contributed by atoms with E-state index in [1.807, 2.05) is 43.3 Å². The van der Waals surface area contributed by atoms with Crippen LogP contribution >= 0.6 is 0 Å². The van der Waals surface area contributed by atoms with Crippen molar-refractivity contribution in [3.05, 3.63) is 59.7 Å². The molecule has 0 radical (unpaired) electrons. The van der Waals surface area contributed by atoms with Gasteiger partial charge in [0.25, 0.3) is 5.91 Å². The molecule has 0 aliphatic carbocycles. The third kappa shape index (κ3) is 4.24. The Hall–Kier alpha value is -2.49. The van der Waals surface area contributed by atoms with Gasteiger partial charge in [0.05, 0.1) is 5.56 Å². The molecule has 2 rings (SSSR count). The van der Waals surface area contributed by atoms with E-state index >= 15 is 0 Å². The van der Waals surface area contributed by atoms with E-state index in [0.717, 1.165) is 24.2 Å². The third-order valence-corrected chi connectivity index (χ3v) is 3.17. The first kappa shape index (κ1) is 14.9. The molecule has 0 unspecified atom stereocenters. The van der Waals surface area contributed by atoms with Gasteiger partial charge in [-0.25, -0.2) is 0 Å². The van der Waals surface area contributed by atoms with Crippen molar-refractivity contribution < 1.29 is 9.90 Å². The van der Waals surface area contributed by atoms with Crippen molar-refractivity contribution in [1.29, 1.82) is 0 Å². The highest BCUT2D eigenvalue weighted by Crippen LogP contribution is 2.14. The molecule has 1 amide bonds. The molecule has 0 saturated carbocycles. The molecule has 4 heteroatoms. The Balaban J connectivity index is 1.91. The normalized spacial score (nSPS) is 10.1. The average Bonchev–Trinajstić information content (AvgIpc) is 2.50. The minimum Gasteiger partial charge on any atom is -0.508 e. The largest absolute Gasteiger partial charge is 0.508 e. The van der Waals surface area contributed by atoms with Crippen LogP contribution in [0.15, 0.2) is 48.5 Å². The molecule has 3 N–H and O–H groups in total. The summed E-state index contributed by atoms with van der Waals surface area (Å²) < 4.78 is 0. The Labute approximate surface area is 124 Å². The number of nitrogens with one attached hydrogen (secondary N) is 2. The maximum absolute atomic E-state index is 12.2. The topological polar surface area (TPSA) is 61.4 Å². The molecule has 110 valence electrons. The van der Waals surface area contributed by atoms with Crippen LogP contribution in [0.1, 0.15) is 22.8 Å². The van der Waals surface area contributed by atoms with Crippen LogP contribution in [0.25, 0.3) is 0 Å². The fourth-order valence-corrected chi connectivity index (χ4v) is 2.10. The quantitative estimate of drug-likeness (QED) is 0.764. The number of carbonyl (C=O) groups is 1. The summed E-state index contributed by atoms with van der Waals surface area (Å²) in [5, 5.41) is 15.3. The zero-order chi connectivity index (χ0) is 15.1. The molecule has 0 atom stereocenters. The Morgan fingerprint density at radius 3 is 2.52 bits per heavy atom. The van der Waals surface area contributed by atoms with Crippen LogP contribution < -0.4 is 10.6 Å². The molecule has 0 aliphatic rings. The van der Waals surface area contributed by atoms with Crippen LogP contribution in [0.2, 0.25) is 0 Å². The van der Waals surface area contributed by atoms with Gasteiger partial charge in [-0.1, -0.05) is 24.3 Å². The smallest absolute Gasteiger partial charge is 0.253 e. The summed E-state index contributed by atoms with van der Waals surface area (Å²) in [6.07, 6.45) is 0.732. The maximum Gasteiger partial charge on any atom is 0.253 e. The zero-order valence-electron chi connectivity index (χ0n) is 12.1. The molecule has 2 aromatic carbocycles. The number of anilines is 1. The number of rotatable bonds is 6. The third-order valence-electron chi connectivity index (χ3n) is 3.17. The number of phenols is 1. The van der Waals surface area contributed by atoms with Crippen molar-refractivity contribution in [3.8, 4) is 5.75 Å². The van der Waals surface area contributed by atoms with Gasteiger partial charge in [0, 0.05) is 18.8 Å². The Bertz CT molecular complexity index is 594. The minimum absolute atomic E-state index is 0.0784. The Morgan fingerprint density at radius 2 is 1.81 bits per heavy atom. The number of amides is 1. The highest BCUT2D eigenvalue weighted by atomic mass is 16.3. The van der Waals surface area contributed by atoms with Gasteiger partial charge in [0.2, 0.25) is 0 Å². The molecular formula is C17H20N2O2. The zero-order valence-corrected chi connectivity index (χ0v) is 12.1. The Morgan fingerprint density at radius 1 is 1.10 bits per heavy atom. The number of aromatic hydroxyl groups is 1. The van der Waals surface area contributed by atoms with E-state index in [2.05, 4.69) is 10.6 Å². The van der Waals surface area contributed by atoms with E-state index in [-0.39, 0.29) is 11.7 Å². The van der Waals surface area contributed by atoms with Crippen LogP contribution in [0, 0.1) is 0 Å². The predicted octanol–water partition coefficient (Wildman–Crippen LogP) is 2.80. The number of phenolic OH excluding ortho intramolecular Hbond substituents is 1. The van der Waals surface area contributed by atoms with Crippen LogP contribution in [-0.2, 0) is 6.42 Å². The number of para-hydroxylation sites is 1. The second-order valence-corrected chi connectivity index (χ2v) is 4.75. The minimum atomic E-state index is -0.0784. The van der Waals surface area contributed by atoms with Crippen molar-refractivity contribution in [2.45, 2.75) is 13.3 Å². The average molecular weight is 284 g/mol. The lowest BCUT2D eigenvalue weighted by Crippen LogP contribution is -2.26. The molecule has 0 heterocycles. The van der Waals surface area contributed by atoms with Gasteiger partial charge in [-0.3, -0.25) is 4.79 Å². The van der Waals surface area contributed by atoms with E-state index in [0.29, 0.717) is 12.1 Å². The van der Waals surface area contributed by atoms with Crippen molar-refractivity contribution in [3.63, 3.8) is 0 Å². The number of benzene rings is 2. The number of hydrogen-bond acceptors (Lipinski definition) is 3. The molecule has 4 nitrogen and oxygen atoms in total. The van der Waals surface area contributed by atoms with Gasteiger partial charge in [-0.2, -0.15) is 0 Å². The fourth-order valence-electron chi connectivity index (χ4n) is 2.10. The lowest BCUT2D eigenvalue weighted by Gasteiger charge is -2.11. The van der Waals surface area contributed by atoms with E-state index in [4.69, 9.17) is 0 Å². The molecule has 0 bridgehead atoms. The summed E-state index contributed by atoms with van der Waals surface area (Å²) in [6.45, 7) is 3.33. The van der Waals surface area contributed by atoms with Gasteiger partial charge in [-0.05, 0) is 43.2 Å². The first-order valence-corrected chi connectivity index (χ1v) is 7.09. The van der Waals surface area contributed by atoms with Crippen LogP contribution in [0.5, 0.6) is 5.75 Å². The van der Waals surface area contributed by atoms with Crippen molar-refractivity contribution >= 4 is 11.6 Å². The first-order valence-electron chi connectivity index (χ1n) is 7.09. The van der Waals surface area contributed by atoms with Crippen molar-refractivity contribution in [1.82, 2.24) is 5.32 Å². The van der Waals surface area contributed by atoms with Gasteiger partial charge in [0.15, 0.2) is 0 Å². The van der Waals surface area contributed by atoms with Crippen LogP contribution in [0.4, 0.5) is 5.69 Å². The summed E-state index contributed by atoms with van der Waals surface area (Å²) in [5.74, 6) is 0.174. The SMILES string of the molecule is CCNc1ccccc1C(=O)NCCc1ccc(O)cc1. The second-order valence-electron chi connectivity index (χ2n) is 4.75. The first-order chi connectivity index (χ1) is 10.2. The lowest BCUT2D eigenvalue weighted by atomic mass is 10.1. The van der Waals surface area contributed by atoms with E-state index in [9.17, 15) is 9.90 Å². The van der Waals surface area contributed by atoms with Crippen LogP contribution in [-0.4, -0.2) is 24.1 Å². The van der Waals surface area contributed by atoms with Gasteiger partial charge >= 0.3 is 0 Å². The van der Waals surface area contributed by atoms with Crippen LogP contribution in [0.3, 0.4) is 0 Å². The predicted molar refractivity (Wildman–Crippen MR) is 84.7 cm³/mol. The van der Waals surface area contributed by atoms with Crippen molar-refractivity contribution in [2.24, 2.45) is 0 Å². The lowest BCUT2D eigenvalue weighted by molar-refractivity contribution is 0.0955. The van der Waals surface area contributed by atoms with E-state index < -0.39 is 0 Å². The fraction of sp³-hybridized carbons (Fsp3) is 0.235. The monoisotopic (exact) mass is 284 g/mol. The van der Waals surface area contributed by atoms with Gasteiger partial charge in [-0.15, -0.1) is 0 Å². The summed E-state index contributed by atoms with van der Waals surface area (Å²) in [5.41, 5.74) is 2.58. The molecule has 0 fully saturated rings. The Kier molecular flexibility index (Phi) is 5.21. The van der Waals surface area contributed by atoms with Gasteiger partial charge in [0.1, 0.15) is 5.75 Å². The molecule has 0 aromatic heterocycles. The van der Waals surface area contributed by atoms with Crippen molar-refractivity contribution in [2.75, 3.05) is 18.4 Å². The summed E-state index contributed by atoms with van der Waals surface area (Å²) in [7, 11) is 0. The summed E-state index contributed by atoms with van der Waals surface area (Å²) >= 11 is 0. The molecule has 0 aliphatic heterocycles. The second kappa shape index (κ2) is 7.33.